The number of aromatic nitrogens is 2. The lowest BCUT2D eigenvalue weighted by Gasteiger charge is -2.25. The van der Waals surface area contributed by atoms with E-state index in [2.05, 4.69) is 9.84 Å². The number of alkyl halides is 3. The van der Waals surface area contributed by atoms with E-state index in [9.17, 15) is 23.2 Å². The molecule has 12 heteroatoms. The van der Waals surface area contributed by atoms with Crippen LogP contribution in [-0.4, -0.2) is 29.2 Å². The molecule has 1 amide bonds. The maximum atomic E-state index is 12.7. The molecular weight excluding hydrogens is 472 g/mol. The zero-order valence-corrected chi connectivity index (χ0v) is 18.1. The number of carbonyl (C=O) groups excluding carboxylic acids is 1. The summed E-state index contributed by atoms with van der Waals surface area (Å²) in [5.74, 6) is -1.31. The number of hydrogen-bond acceptors (Lipinski definition) is 5. The summed E-state index contributed by atoms with van der Waals surface area (Å²) in [7, 11) is 1.37. The number of nitriles is 1. The van der Waals surface area contributed by atoms with Crippen molar-refractivity contribution in [2.24, 2.45) is 5.73 Å². The van der Waals surface area contributed by atoms with E-state index in [1.807, 2.05) is 6.07 Å². The van der Waals surface area contributed by atoms with Gasteiger partial charge < -0.3 is 15.2 Å². The van der Waals surface area contributed by atoms with Gasteiger partial charge in [0.15, 0.2) is 0 Å². The number of fused-ring (bicyclic) bond motifs is 1. The Morgan fingerprint density at radius 1 is 1.28 bits per heavy atom. The van der Waals surface area contributed by atoms with Crippen molar-refractivity contribution in [3.8, 4) is 17.7 Å². The number of halogens is 5. The second-order valence-electron chi connectivity index (χ2n) is 7.01. The number of benzene rings is 2. The van der Waals surface area contributed by atoms with Crippen molar-refractivity contribution < 1.29 is 27.4 Å². The van der Waals surface area contributed by atoms with Gasteiger partial charge in [-0.1, -0.05) is 23.2 Å². The predicted molar refractivity (Wildman–Crippen MR) is 111 cm³/mol. The highest BCUT2D eigenvalue weighted by Gasteiger charge is 2.36. The average Bonchev–Trinajstić information content (AvgIpc) is 3.03. The van der Waals surface area contributed by atoms with Crippen LogP contribution < -0.4 is 15.2 Å². The summed E-state index contributed by atoms with van der Waals surface area (Å²) in [6, 6.07) is 8.05. The van der Waals surface area contributed by atoms with E-state index in [0.717, 1.165) is 18.2 Å². The van der Waals surface area contributed by atoms with Crippen LogP contribution in [-0.2, 0) is 12.0 Å². The van der Waals surface area contributed by atoms with Crippen LogP contribution in [0.1, 0.15) is 22.8 Å². The maximum absolute atomic E-state index is 12.7. The molecular formula is C20H15Cl2F3N4O3. The Hall–Kier alpha value is -3.16. The molecule has 0 aliphatic carbocycles. The van der Waals surface area contributed by atoms with E-state index in [0.29, 0.717) is 15.9 Å². The molecule has 1 unspecified atom stereocenters. The van der Waals surface area contributed by atoms with E-state index in [1.54, 1.807) is 6.07 Å². The molecule has 2 N–H and O–H groups in total. The molecule has 0 aliphatic heterocycles. The van der Waals surface area contributed by atoms with Crippen LogP contribution in [0.4, 0.5) is 13.2 Å². The van der Waals surface area contributed by atoms with Crippen molar-refractivity contribution in [3.63, 3.8) is 0 Å². The van der Waals surface area contributed by atoms with Crippen molar-refractivity contribution in [1.82, 2.24) is 9.78 Å². The first-order chi connectivity index (χ1) is 14.9. The van der Waals surface area contributed by atoms with Crippen LogP contribution in [0.2, 0.25) is 10.0 Å². The third-order valence-electron chi connectivity index (χ3n) is 4.70. The molecule has 2 aromatic carbocycles. The second-order valence-corrected chi connectivity index (χ2v) is 7.86. The lowest BCUT2D eigenvalue weighted by Crippen LogP contribution is -2.31. The number of ether oxygens (including phenoxy) is 2. The minimum Gasteiger partial charge on any atom is -0.481 e. The zero-order valence-electron chi connectivity index (χ0n) is 16.6. The predicted octanol–water partition coefficient (Wildman–Crippen LogP) is 4.83. The van der Waals surface area contributed by atoms with Crippen LogP contribution in [0.3, 0.4) is 0 Å². The molecule has 32 heavy (non-hydrogen) atoms. The molecule has 3 aromatic rings. The highest BCUT2D eigenvalue weighted by atomic mass is 35.5. The van der Waals surface area contributed by atoms with Gasteiger partial charge in [0.2, 0.25) is 11.8 Å². The van der Waals surface area contributed by atoms with Gasteiger partial charge in [-0.2, -0.15) is 10.4 Å². The molecule has 0 spiro atoms. The highest BCUT2D eigenvalue weighted by molar-refractivity contribution is 6.38. The van der Waals surface area contributed by atoms with Gasteiger partial charge in [-0.05, 0) is 42.8 Å². The smallest absolute Gasteiger partial charge is 0.481 e. The fourth-order valence-corrected chi connectivity index (χ4v) is 3.86. The van der Waals surface area contributed by atoms with E-state index in [-0.39, 0.29) is 28.6 Å². The van der Waals surface area contributed by atoms with Crippen LogP contribution in [0.25, 0.3) is 10.9 Å². The van der Waals surface area contributed by atoms with Crippen LogP contribution >= 0.6 is 23.2 Å². The summed E-state index contributed by atoms with van der Waals surface area (Å²) < 4.78 is 48.8. The molecule has 1 heterocycles. The van der Waals surface area contributed by atoms with Gasteiger partial charge in [0.25, 0.3) is 0 Å². The summed E-state index contributed by atoms with van der Waals surface area (Å²) >= 11 is 12.3. The Bertz CT molecular complexity index is 1250. The summed E-state index contributed by atoms with van der Waals surface area (Å²) in [4.78, 5) is 11.9. The first kappa shape index (κ1) is 23.5. The van der Waals surface area contributed by atoms with Crippen LogP contribution in [0, 0.1) is 11.3 Å². The molecule has 0 radical (unpaired) electrons. The van der Waals surface area contributed by atoms with Gasteiger partial charge in [-0.3, -0.25) is 4.79 Å². The van der Waals surface area contributed by atoms with Gasteiger partial charge >= 0.3 is 6.36 Å². The standard InChI is InChI=1S/C20H15Cl2F3N4O3/c1-19(8-26,14-7-11(32-20(23,24)25)3-4-12(14)17(27)30)9-29-18(31-2)13-5-10(21)6-15(22)16(13)28-29/h3-7H,9H2,1-2H3,(H2,27,30). The number of primary amides is 1. The molecule has 7 nitrogen and oxygen atoms in total. The monoisotopic (exact) mass is 486 g/mol. The molecule has 0 bridgehead atoms. The highest BCUT2D eigenvalue weighted by Crippen LogP contribution is 2.38. The third kappa shape index (κ3) is 4.54. The Morgan fingerprint density at radius 2 is 1.97 bits per heavy atom. The summed E-state index contributed by atoms with van der Waals surface area (Å²) in [5, 5.41) is 15.4. The number of hydrogen-bond donors (Lipinski definition) is 1. The first-order valence-electron chi connectivity index (χ1n) is 8.89. The summed E-state index contributed by atoms with van der Waals surface area (Å²) in [5.41, 5.74) is 3.97. The Morgan fingerprint density at radius 3 is 2.53 bits per heavy atom. The van der Waals surface area contributed by atoms with Crippen molar-refractivity contribution in [3.05, 3.63) is 51.5 Å². The van der Waals surface area contributed by atoms with E-state index in [1.165, 1.54) is 24.8 Å². The maximum Gasteiger partial charge on any atom is 0.573 e. The molecule has 3 rings (SSSR count). The Balaban J connectivity index is 2.17. The molecule has 0 saturated heterocycles. The third-order valence-corrected chi connectivity index (χ3v) is 5.21. The molecule has 0 fully saturated rings. The van der Waals surface area contributed by atoms with Gasteiger partial charge in [0.05, 0.1) is 35.5 Å². The van der Waals surface area contributed by atoms with E-state index < -0.39 is 23.4 Å². The first-order valence-corrected chi connectivity index (χ1v) is 9.65. The lowest BCUT2D eigenvalue weighted by molar-refractivity contribution is -0.274. The van der Waals surface area contributed by atoms with Gasteiger partial charge in [0, 0.05) is 10.6 Å². The van der Waals surface area contributed by atoms with Gasteiger partial charge in [-0.25, -0.2) is 4.68 Å². The summed E-state index contributed by atoms with van der Waals surface area (Å²) in [6.07, 6.45) is -4.96. The minimum absolute atomic E-state index is 0.0695. The molecule has 0 saturated carbocycles. The number of nitrogens with zero attached hydrogens (tertiary/aromatic N) is 3. The van der Waals surface area contributed by atoms with Crippen molar-refractivity contribution in [1.29, 1.82) is 5.26 Å². The van der Waals surface area contributed by atoms with Crippen LogP contribution in [0.5, 0.6) is 11.6 Å². The topological polar surface area (TPSA) is 103 Å². The normalized spacial score (nSPS) is 13.4. The molecule has 168 valence electrons. The lowest BCUT2D eigenvalue weighted by atomic mass is 9.80. The second kappa shape index (κ2) is 8.41. The number of rotatable bonds is 6. The van der Waals surface area contributed by atoms with E-state index >= 15 is 0 Å². The summed E-state index contributed by atoms with van der Waals surface area (Å²) in [6.45, 7) is 1.21. The molecule has 0 aliphatic rings. The number of amides is 1. The largest absolute Gasteiger partial charge is 0.573 e. The molecule has 1 atom stereocenters. The van der Waals surface area contributed by atoms with Crippen LogP contribution in [0.15, 0.2) is 30.3 Å². The Labute approximate surface area is 190 Å². The van der Waals surface area contributed by atoms with Crippen molar-refractivity contribution >= 4 is 40.0 Å². The zero-order chi connectivity index (χ0) is 23.8. The SMILES string of the molecule is COc1c2cc(Cl)cc(Cl)c2nn1CC(C)(C#N)c1cc(OC(F)(F)F)ccc1C(N)=O. The van der Waals surface area contributed by atoms with Crippen molar-refractivity contribution in [2.45, 2.75) is 25.2 Å². The Kier molecular flexibility index (Phi) is 6.18. The number of methoxy groups -OCH3 is 1. The van der Waals surface area contributed by atoms with E-state index in [4.69, 9.17) is 33.7 Å². The molecule has 1 aromatic heterocycles. The van der Waals surface area contributed by atoms with Gasteiger partial charge in [0.1, 0.15) is 11.3 Å². The number of nitrogens with two attached hydrogens (primary N) is 1. The fraction of sp³-hybridized carbons (Fsp3) is 0.250. The minimum atomic E-state index is -4.96. The van der Waals surface area contributed by atoms with Crippen molar-refractivity contribution in [2.75, 3.05) is 7.11 Å². The average molecular weight is 487 g/mol. The quantitative estimate of drug-likeness (QED) is 0.537. The van der Waals surface area contributed by atoms with Gasteiger partial charge in [-0.15, -0.1) is 13.2 Å². The fourth-order valence-electron chi connectivity index (χ4n) is 3.33. The number of carbonyl (C=O) groups is 1.